The molecule has 0 bridgehead atoms. The highest BCUT2D eigenvalue weighted by Gasteiger charge is 2.26. The van der Waals surface area contributed by atoms with Crippen LogP contribution in [0.2, 0.25) is 0 Å². The number of hydrogen-bond donors (Lipinski definition) is 1. The minimum absolute atomic E-state index is 0.109. The van der Waals surface area contributed by atoms with Crippen LogP contribution in [0.3, 0.4) is 0 Å². The summed E-state index contributed by atoms with van der Waals surface area (Å²) in [4.78, 5) is 3.78. The van der Waals surface area contributed by atoms with Gasteiger partial charge in [-0.1, -0.05) is 18.9 Å². The van der Waals surface area contributed by atoms with Crippen molar-refractivity contribution >= 4 is 11.3 Å². The van der Waals surface area contributed by atoms with Gasteiger partial charge in [0.25, 0.3) is 0 Å². The first-order valence-corrected chi connectivity index (χ1v) is 7.06. The highest BCUT2D eigenvalue weighted by molar-refractivity contribution is 7.09. The SMILES string of the molecule is CN(CCc1cccs1)[C@@H]1CCCC[C@H]1O. The lowest BCUT2D eigenvalue weighted by atomic mass is 9.91. The summed E-state index contributed by atoms with van der Waals surface area (Å²) in [5, 5.41) is 12.1. The molecule has 1 fully saturated rings. The van der Waals surface area contributed by atoms with Crippen molar-refractivity contribution in [2.75, 3.05) is 13.6 Å². The van der Waals surface area contributed by atoms with E-state index in [4.69, 9.17) is 0 Å². The van der Waals surface area contributed by atoms with E-state index in [1.54, 1.807) is 0 Å². The van der Waals surface area contributed by atoms with E-state index in [9.17, 15) is 5.11 Å². The van der Waals surface area contributed by atoms with Gasteiger partial charge in [-0.2, -0.15) is 0 Å². The molecule has 0 saturated heterocycles. The molecule has 90 valence electrons. The Bertz CT molecular complexity index is 299. The van der Waals surface area contributed by atoms with Crippen LogP contribution in [0.5, 0.6) is 0 Å². The Morgan fingerprint density at radius 3 is 2.94 bits per heavy atom. The lowest BCUT2D eigenvalue weighted by molar-refractivity contribution is 0.0328. The number of aliphatic hydroxyl groups excluding tert-OH is 1. The van der Waals surface area contributed by atoms with Gasteiger partial charge < -0.3 is 10.0 Å². The van der Waals surface area contributed by atoms with Crippen molar-refractivity contribution < 1.29 is 5.11 Å². The summed E-state index contributed by atoms with van der Waals surface area (Å²) in [6, 6.07) is 4.68. The van der Waals surface area contributed by atoms with Gasteiger partial charge in [-0.3, -0.25) is 0 Å². The van der Waals surface area contributed by atoms with Crippen LogP contribution >= 0.6 is 11.3 Å². The van der Waals surface area contributed by atoms with E-state index in [2.05, 4.69) is 29.5 Å². The number of likely N-dealkylation sites (N-methyl/N-ethyl adjacent to an activating group) is 1. The van der Waals surface area contributed by atoms with Gasteiger partial charge in [0.05, 0.1) is 6.10 Å². The molecule has 1 N–H and O–H groups in total. The fourth-order valence-corrected chi connectivity index (χ4v) is 3.21. The van der Waals surface area contributed by atoms with E-state index < -0.39 is 0 Å². The Balaban J connectivity index is 1.80. The van der Waals surface area contributed by atoms with Gasteiger partial charge in [-0.15, -0.1) is 11.3 Å². The van der Waals surface area contributed by atoms with Crippen molar-refractivity contribution in [3.05, 3.63) is 22.4 Å². The normalized spacial score (nSPS) is 26.2. The lowest BCUT2D eigenvalue weighted by Crippen LogP contribution is -2.44. The van der Waals surface area contributed by atoms with Crippen LogP contribution in [0.1, 0.15) is 30.6 Å². The zero-order valence-electron chi connectivity index (χ0n) is 9.93. The quantitative estimate of drug-likeness (QED) is 0.873. The number of nitrogens with zero attached hydrogens (tertiary/aromatic N) is 1. The first-order valence-electron chi connectivity index (χ1n) is 6.18. The molecule has 1 aromatic heterocycles. The molecule has 1 aromatic rings. The highest BCUT2D eigenvalue weighted by atomic mass is 32.1. The van der Waals surface area contributed by atoms with Gasteiger partial charge in [0, 0.05) is 17.5 Å². The fraction of sp³-hybridized carbons (Fsp3) is 0.692. The minimum atomic E-state index is -0.109. The molecule has 16 heavy (non-hydrogen) atoms. The molecule has 1 aliphatic rings. The van der Waals surface area contributed by atoms with Crippen LogP contribution in [0.4, 0.5) is 0 Å². The van der Waals surface area contributed by atoms with E-state index in [1.165, 1.54) is 17.7 Å². The minimum Gasteiger partial charge on any atom is -0.391 e. The standard InChI is InChI=1S/C13H21NOS/c1-14(9-8-11-5-4-10-16-11)12-6-2-3-7-13(12)15/h4-5,10,12-13,15H,2-3,6-9H2,1H3/t12-,13-/m1/s1. The first kappa shape index (κ1) is 12.1. The molecule has 0 aliphatic heterocycles. The molecule has 1 heterocycles. The fourth-order valence-electron chi connectivity index (χ4n) is 2.51. The van der Waals surface area contributed by atoms with Crippen molar-refractivity contribution in [3.8, 4) is 0 Å². The third-order valence-electron chi connectivity index (χ3n) is 3.55. The number of thiophene rings is 1. The zero-order valence-corrected chi connectivity index (χ0v) is 10.7. The van der Waals surface area contributed by atoms with Gasteiger partial charge in [-0.05, 0) is 37.8 Å². The smallest absolute Gasteiger partial charge is 0.0695 e. The van der Waals surface area contributed by atoms with Crippen molar-refractivity contribution in [2.24, 2.45) is 0 Å². The molecule has 0 radical (unpaired) electrons. The predicted octanol–water partition coefficient (Wildman–Crippen LogP) is 2.53. The Hall–Kier alpha value is -0.380. The summed E-state index contributed by atoms with van der Waals surface area (Å²) >= 11 is 1.82. The van der Waals surface area contributed by atoms with Gasteiger partial charge in [-0.25, -0.2) is 0 Å². The maximum atomic E-state index is 9.96. The highest BCUT2D eigenvalue weighted by Crippen LogP contribution is 2.22. The average molecular weight is 239 g/mol. The van der Waals surface area contributed by atoms with E-state index in [1.807, 2.05) is 11.3 Å². The van der Waals surface area contributed by atoms with Crippen molar-refractivity contribution in [1.29, 1.82) is 0 Å². The molecule has 0 unspecified atom stereocenters. The van der Waals surface area contributed by atoms with Crippen LogP contribution in [0, 0.1) is 0 Å². The van der Waals surface area contributed by atoms with Crippen LogP contribution in [0.25, 0.3) is 0 Å². The monoisotopic (exact) mass is 239 g/mol. The number of hydrogen-bond acceptors (Lipinski definition) is 3. The van der Waals surface area contributed by atoms with Crippen LogP contribution in [0.15, 0.2) is 17.5 Å². The second kappa shape index (κ2) is 5.80. The Morgan fingerprint density at radius 2 is 2.25 bits per heavy atom. The van der Waals surface area contributed by atoms with Crippen LogP contribution in [-0.4, -0.2) is 35.7 Å². The molecular formula is C13H21NOS. The largest absolute Gasteiger partial charge is 0.391 e. The average Bonchev–Trinajstić information content (AvgIpc) is 2.79. The maximum Gasteiger partial charge on any atom is 0.0695 e. The van der Waals surface area contributed by atoms with Gasteiger partial charge in [0.2, 0.25) is 0 Å². The predicted molar refractivity (Wildman–Crippen MR) is 68.9 cm³/mol. The summed E-state index contributed by atoms with van der Waals surface area (Å²) in [5.74, 6) is 0. The molecule has 1 saturated carbocycles. The number of aliphatic hydroxyl groups is 1. The van der Waals surface area contributed by atoms with Crippen molar-refractivity contribution in [1.82, 2.24) is 4.90 Å². The summed E-state index contributed by atoms with van der Waals surface area (Å²) in [7, 11) is 2.15. The second-order valence-electron chi connectivity index (χ2n) is 4.73. The summed E-state index contributed by atoms with van der Waals surface area (Å²) in [5.41, 5.74) is 0. The third kappa shape index (κ3) is 3.06. The maximum absolute atomic E-state index is 9.96. The first-order chi connectivity index (χ1) is 7.77. The van der Waals surface area contributed by atoms with Crippen LogP contribution < -0.4 is 0 Å². The molecule has 0 spiro atoms. The van der Waals surface area contributed by atoms with E-state index >= 15 is 0 Å². The summed E-state index contributed by atoms with van der Waals surface area (Å²) in [6.07, 6.45) is 5.59. The molecule has 0 aromatic carbocycles. The van der Waals surface area contributed by atoms with E-state index in [0.717, 1.165) is 25.8 Å². The summed E-state index contributed by atoms with van der Waals surface area (Å²) < 4.78 is 0. The molecular weight excluding hydrogens is 218 g/mol. The molecule has 1 aliphatic carbocycles. The second-order valence-corrected chi connectivity index (χ2v) is 5.76. The topological polar surface area (TPSA) is 23.5 Å². The Morgan fingerprint density at radius 1 is 1.44 bits per heavy atom. The van der Waals surface area contributed by atoms with Gasteiger partial charge in [0.15, 0.2) is 0 Å². The van der Waals surface area contributed by atoms with Crippen molar-refractivity contribution in [3.63, 3.8) is 0 Å². The van der Waals surface area contributed by atoms with Gasteiger partial charge in [0.1, 0.15) is 0 Å². The summed E-state index contributed by atoms with van der Waals surface area (Å²) in [6.45, 7) is 1.06. The molecule has 3 heteroatoms. The van der Waals surface area contributed by atoms with Crippen LogP contribution in [-0.2, 0) is 6.42 Å². The van der Waals surface area contributed by atoms with E-state index in [-0.39, 0.29) is 6.10 Å². The molecule has 2 nitrogen and oxygen atoms in total. The molecule has 2 atom stereocenters. The van der Waals surface area contributed by atoms with Gasteiger partial charge >= 0.3 is 0 Å². The Kier molecular flexibility index (Phi) is 4.38. The lowest BCUT2D eigenvalue weighted by Gasteiger charge is -2.35. The Labute approximate surface area is 102 Å². The van der Waals surface area contributed by atoms with Crippen molar-refractivity contribution in [2.45, 2.75) is 44.2 Å². The molecule has 0 amide bonds. The third-order valence-corrected chi connectivity index (χ3v) is 4.49. The number of rotatable bonds is 4. The zero-order chi connectivity index (χ0) is 11.4. The van der Waals surface area contributed by atoms with E-state index in [0.29, 0.717) is 6.04 Å². The molecule has 2 rings (SSSR count).